The van der Waals surface area contributed by atoms with Crippen LogP contribution in [0.1, 0.15) is 43.9 Å². The average molecular weight is 569 g/mol. The van der Waals surface area contributed by atoms with Gasteiger partial charge in [0.05, 0.1) is 25.1 Å². The summed E-state index contributed by atoms with van der Waals surface area (Å²) in [5.74, 6) is -0.694. The molecular formula is C28H32N4O7S. The molecule has 5 rings (SSSR count). The van der Waals surface area contributed by atoms with Crippen molar-refractivity contribution in [2.24, 2.45) is 0 Å². The molecule has 0 aliphatic carbocycles. The standard InChI is InChI=1S/C28H32N4O7S/c1-17-22-23(33)32(28(2,3)26(34)35)27(36)30(25(22)40-24(17)31-13-7-12-29-31)16-21(39-18-10-14-38-15-11-18)19-8-5-6-9-20(19)37-4/h5-9,12-13,18,21H,10-11,14-16H2,1-4H3,(H,34,35)/t21-/m0/s1. The number of rotatable bonds is 9. The van der Waals surface area contributed by atoms with Crippen molar-refractivity contribution in [1.82, 2.24) is 18.9 Å². The highest BCUT2D eigenvalue weighted by atomic mass is 32.1. The highest BCUT2D eigenvalue weighted by Gasteiger charge is 2.36. The number of para-hydroxylation sites is 1. The van der Waals surface area contributed by atoms with Crippen molar-refractivity contribution in [2.45, 2.75) is 57.9 Å². The molecule has 4 heterocycles. The zero-order valence-electron chi connectivity index (χ0n) is 22.8. The van der Waals surface area contributed by atoms with Crippen LogP contribution in [0.3, 0.4) is 0 Å². The number of ether oxygens (including phenoxy) is 3. The molecule has 1 atom stereocenters. The van der Waals surface area contributed by atoms with Crippen molar-refractivity contribution in [3.05, 3.63) is 74.7 Å². The fourth-order valence-electron chi connectivity index (χ4n) is 5.05. The van der Waals surface area contributed by atoms with Crippen molar-refractivity contribution in [1.29, 1.82) is 0 Å². The van der Waals surface area contributed by atoms with Crippen LogP contribution in [0.5, 0.6) is 5.75 Å². The van der Waals surface area contributed by atoms with Crippen LogP contribution in [0.2, 0.25) is 0 Å². The maximum atomic E-state index is 14.1. The van der Waals surface area contributed by atoms with Gasteiger partial charge < -0.3 is 19.3 Å². The van der Waals surface area contributed by atoms with E-state index in [1.54, 1.807) is 37.2 Å². The summed E-state index contributed by atoms with van der Waals surface area (Å²) in [5.41, 5.74) is -1.83. The summed E-state index contributed by atoms with van der Waals surface area (Å²) >= 11 is 1.25. The van der Waals surface area contributed by atoms with E-state index in [1.807, 2.05) is 24.3 Å². The molecule has 1 aliphatic heterocycles. The predicted octanol–water partition coefficient (Wildman–Crippen LogP) is 3.48. The quantitative estimate of drug-likeness (QED) is 0.325. The van der Waals surface area contributed by atoms with Gasteiger partial charge in [0.25, 0.3) is 5.56 Å². The Morgan fingerprint density at radius 2 is 1.95 bits per heavy atom. The number of fused-ring (bicyclic) bond motifs is 1. The largest absolute Gasteiger partial charge is 0.496 e. The Kier molecular flexibility index (Phi) is 7.67. The van der Waals surface area contributed by atoms with Gasteiger partial charge in [-0.2, -0.15) is 5.10 Å². The highest BCUT2D eigenvalue weighted by Crippen LogP contribution is 2.35. The molecule has 212 valence electrons. The first-order valence-corrected chi connectivity index (χ1v) is 13.9. The molecule has 1 aliphatic rings. The SMILES string of the molecule is COc1ccccc1[C@H](Cn1c(=O)n(C(C)(C)C(=O)O)c(=O)c2c(C)c(-n3cccn3)sc21)OC1CCOCC1. The molecule has 0 unspecified atom stereocenters. The smallest absolute Gasteiger partial charge is 0.333 e. The Bertz CT molecular complexity index is 1650. The minimum atomic E-state index is -1.80. The van der Waals surface area contributed by atoms with Crippen LogP contribution < -0.4 is 16.0 Å². The molecule has 40 heavy (non-hydrogen) atoms. The second kappa shape index (κ2) is 11.0. The van der Waals surface area contributed by atoms with E-state index in [0.717, 1.165) is 10.1 Å². The molecule has 12 heteroatoms. The van der Waals surface area contributed by atoms with Gasteiger partial charge in [-0.15, -0.1) is 0 Å². The first-order valence-electron chi connectivity index (χ1n) is 13.0. The zero-order valence-corrected chi connectivity index (χ0v) is 23.6. The summed E-state index contributed by atoms with van der Waals surface area (Å²) in [6.45, 7) is 5.65. The molecule has 0 saturated carbocycles. The predicted molar refractivity (Wildman–Crippen MR) is 150 cm³/mol. The molecule has 0 spiro atoms. The number of carboxylic acids is 1. The van der Waals surface area contributed by atoms with E-state index in [0.29, 0.717) is 47.2 Å². The molecule has 1 fully saturated rings. The summed E-state index contributed by atoms with van der Waals surface area (Å²) in [6.07, 6.45) is 4.04. The van der Waals surface area contributed by atoms with Gasteiger partial charge in [-0.25, -0.2) is 18.8 Å². The number of nitrogens with zero attached hydrogens (tertiary/aromatic N) is 4. The molecule has 3 aromatic heterocycles. The Morgan fingerprint density at radius 3 is 2.60 bits per heavy atom. The van der Waals surface area contributed by atoms with Crippen LogP contribution in [0.4, 0.5) is 0 Å². The number of aromatic nitrogens is 4. The summed E-state index contributed by atoms with van der Waals surface area (Å²) in [4.78, 5) is 40.6. The lowest BCUT2D eigenvalue weighted by Crippen LogP contribution is -2.52. The third-order valence-electron chi connectivity index (χ3n) is 7.34. The van der Waals surface area contributed by atoms with E-state index in [-0.39, 0.29) is 18.0 Å². The third kappa shape index (κ3) is 4.87. The monoisotopic (exact) mass is 568 g/mol. The third-order valence-corrected chi connectivity index (χ3v) is 8.65. The number of carbonyl (C=O) groups is 1. The van der Waals surface area contributed by atoms with Gasteiger partial charge in [0.1, 0.15) is 27.2 Å². The van der Waals surface area contributed by atoms with Gasteiger partial charge in [-0.05, 0) is 45.7 Å². The first kappa shape index (κ1) is 27.8. The summed E-state index contributed by atoms with van der Waals surface area (Å²) in [7, 11) is 1.57. The van der Waals surface area contributed by atoms with Crippen molar-refractivity contribution in [2.75, 3.05) is 20.3 Å². The molecule has 4 aromatic rings. The van der Waals surface area contributed by atoms with Crippen LogP contribution in [0.15, 0.2) is 52.3 Å². The van der Waals surface area contributed by atoms with Crippen LogP contribution in [-0.4, -0.2) is 56.4 Å². The average Bonchev–Trinajstić information content (AvgIpc) is 3.59. The van der Waals surface area contributed by atoms with Gasteiger partial charge in [0.2, 0.25) is 0 Å². The van der Waals surface area contributed by atoms with Crippen molar-refractivity contribution < 1.29 is 24.1 Å². The molecule has 1 N–H and O–H groups in total. The van der Waals surface area contributed by atoms with Crippen LogP contribution >= 0.6 is 11.3 Å². The Balaban J connectivity index is 1.76. The lowest BCUT2D eigenvalue weighted by atomic mass is 10.0. The number of thiophene rings is 1. The number of benzene rings is 1. The van der Waals surface area contributed by atoms with E-state index in [4.69, 9.17) is 14.2 Å². The highest BCUT2D eigenvalue weighted by molar-refractivity contribution is 7.21. The van der Waals surface area contributed by atoms with Crippen LogP contribution in [0.25, 0.3) is 15.2 Å². The minimum absolute atomic E-state index is 0.0293. The summed E-state index contributed by atoms with van der Waals surface area (Å²) in [6, 6.07) is 9.20. The fraction of sp³-hybridized carbons (Fsp3) is 0.429. The van der Waals surface area contributed by atoms with Gasteiger partial charge in [0, 0.05) is 36.7 Å². The number of hydrogen-bond acceptors (Lipinski definition) is 8. The number of methoxy groups -OCH3 is 1. The lowest BCUT2D eigenvalue weighted by Gasteiger charge is -2.30. The number of aryl methyl sites for hydroxylation is 1. The molecule has 0 radical (unpaired) electrons. The normalized spacial score (nSPS) is 15.4. The van der Waals surface area contributed by atoms with E-state index in [9.17, 15) is 19.5 Å². The summed E-state index contributed by atoms with van der Waals surface area (Å²) < 4.78 is 21.7. The van der Waals surface area contributed by atoms with E-state index in [1.165, 1.54) is 29.8 Å². The van der Waals surface area contributed by atoms with Crippen LogP contribution in [0, 0.1) is 6.92 Å². The van der Waals surface area contributed by atoms with Gasteiger partial charge in [0.15, 0.2) is 0 Å². The molecular weight excluding hydrogens is 536 g/mol. The van der Waals surface area contributed by atoms with E-state index >= 15 is 0 Å². The van der Waals surface area contributed by atoms with Crippen molar-refractivity contribution in [3.8, 4) is 10.8 Å². The van der Waals surface area contributed by atoms with Gasteiger partial charge in [-0.3, -0.25) is 9.36 Å². The number of hydrogen-bond donors (Lipinski definition) is 1. The van der Waals surface area contributed by atoms with Crippen molar-refractivity contribution in [3.63, 3.8) is 0 Å². The van der Waals surface area contributed by atoms with Gasteiger partial charge in [-0.1, -0.05) is 29.5 Å². The van der Waals surface area contributed by atoms with Crippen LogP contribution in [-0.2, 0) is 26.4 Å². The Hall–Kier alpha value is -3.74. The van der Waals surface area contributed by atoms with Gasteiger partial charge >= 0.3 is 11.7 Å². The maximum Gasteiger partial charge on any atom is 0.333 e. The zero-order chi connectivity index (χ0) is 28.6. The molecule has 0 amide bonds. The number of aliphatic carboxylic acids is 1. The summed E-state index contributed by atoms with van der Waals surface area (Å²) in [5, 5.41) is 15.3. The second-order valence-corrected chi connectivity index (χ2v) is 11.2. The number of carboxylic acid groups (broad SMARTS) is 1. The molecule has 1 saturated heterocycles. The lowest BCUT2D eigenvalue weighted by molar-refractivity contribution is -0.146. The second-order valence-electron chi connectivity index (χ2n) is 10.2. The Morgan fingerprint density at radius 1 is 1.23 bits per heavy atom. The first-order chi connectivity index (χ1) is 19.1. The van der Waals surface area contributed by atoms with E-state index < -0.39 is 28.9 Å². The topological polar surface area (TPSA) is 127 Å². The molecule has 0 bridgehead atoms. The van der Waals surface area contributed by atoms with E-state index in [2.05, 4.69) is 5.10 Å². The molecule has 1 aromatic carbocycles. The fourth-order valence-corrected chi connectivity index (χ4v) is 6.29. The minimum Gasteiger partial charge on any atom is -0.496 e. The molecule has 11 nitrogen and oxygen atoms in total. The van der Waals surface area contributed by atoms with Crippen molar-refractivity contribution >= 4 is 27.5 Å². The Labute approximate surface area is 234 Å². The maximum absolute atomic E-state index is 14.1.